The second-order valence-electron chi connectivity index (χ2n) is 7.06. The zero-order valence-electron chi connectivity index (χ0n) is 15.5. The van der Waals surface area contributed by atoms with E-state index in [0.29, 0.717) is 6.42 Å². The summed E-state index contributed by atoms with van der Waals surface area (Å²) in [6.45, 7) is 3.27. The molecule has 0 aliphatic carbocycles. The number of rotatable bonds is 11. The third kappa shape index (κ3) is 6.40. The van der Waals surface area contributed by atoms with E-state index < -0.39 is 52.5 Å². The van der Waals surface area contributed by atoms with Gasteiger partial charge in [0.15, 0.2) is 23.3 Å². The number of hydrogen-bond donors (Lipinski definition) is 3. The maximum atomic E-state index is 13.9. The Labute approximate surface area is 155 Å². The molecule has 0 bridgehead atoms. The minimum atomic E-state index is -3.11. The average Bonchev–Trinajstić information content (AvgIpc) is 2.59. The zero-order valence-corrected chi connectivity index (χ0v) is 15.5. The van der Waals surface area contributed by atoms with Gasteiger partial charge in [0.05, 0.1) is 0 Å². The molecular formula is C19H27F5O3. The van der Waals surface area contributed by atoms with Crippen molar-refractivity contribution in [2.75, 3.05) is 0 Å². The summed E-state index contributed by atoms with van der Waals surface area (Å²) in [4.78, 5) is 0. The summed E-state index contributed by atoms with van der Waals surface area (Å²) in [5.74, 6) is -15.8. The zero-order chi connectivity index (χ0) is 20.8. The summed E-state index contributed by atoms with van der Waals surface area (Å²) in [6, 6.07) is 0. The van der Waals surface area contributed by atoms with Crippen LogP contribution in [0.2, 0.25) is 0 Å². The Morgan fingerprint density at radius 1 is 0.741 bits per heavy atom. The first-order valence-electron chi connectivity index (χ1n) is 9.20. The highest BCUT2D eigenvalue weighted by Crippen LogP contribution is 2.35. The molecule has 27 heavy (non-hydrogen) atoms. The fourth-order valence-electron chi connectivity index (χ4n) is 3.24. The minimum absolute atomic E-state index is 0.134. The number of aliphatic hydroxyl groups is 3. The molecule has 0 saturated heterocycles. The normalized spacial score (nSPS) is 14.4. The fourth-order valence-corrected chi connectivity index (χ4v) is 3.24. The Kier molecular flexibility index (Phi) is 9.11. The van der Waals surface area contributed by atoms with E-state index in [1.54, 1.807) is 0 Å². The molecule has 0 aliphatic rings. The van der Waals surface area contributed by atoms with Gasteiger partial charge in [-0.3, -0.25) is 0 Å². The standard InChI is InChI=1S/C19H27F5O3/c1-3-4-5-6-7-8-9-12(19(25,26)27)10-11(2)13-14(20)16(22)18(24)17(23)15(13)21/h11-12,25-27H,3-10H2,1-2H3. The molecule has 1 aromatic carbocycles. The predicted octanol–water partition coefficient (Wildman–Crippen LogP) is 4.87. The summed E-state index contributed by atoms with van der Waals surface area (Å²) in [5.41, 5.74) is -1.02. The number of hydrogen-bond acceptors (Lipinski definition) is 3. The molecule has 1 aromatic rings. The Bertz CT molecular complexity index is 587. The lowest BCUT2D eigenvalue weighted by Gasteiger charge is -2.29. The van der Waals surface area contributed by atoms with E-state index >= 15 is 0 Å². The molecule has 0 heterocycles. The quantitative estimate of drug-likeness (QED) is 0.164. The maximum absolute atomic E-state index is 13.9. The van der Waals surface area contributed by atoms with Gasteiger partial charge >= 0.3 is 0 Å². The molecule has 3 N–H and O–H groups in total. The average molecular weight is 398 g/mol. The first-order valence-corrected chi connectivity index (χ1v) is 9.20. The molecule has 2 unspecified atom stereocenters. The van der Waals surface area contributed by atoms with Crippen molar-refractivity contribution in [2.45, 2.75) is 77.1 Å². The van der Waals surface area contributed by atoms with Gasteiger partial charge in [-0.25, -0.2) is 22.0 Å². The van der Waals surface area contributed by atoms with Gasteiger partial charge in [-0.05, 0) is 18.8 Å². The summed E-state index contributed by atoms with van der Waals surface area (Å²) < 4.78 is 67.7. The third-order valence-electron chi connectivity index (χ3n) is 4.83. The lowest BCUT2D eigenvalue weighted by molar-refractivity contribution is -0.344. The van der Waals surface area contributed by atoms with Gasteiger partial charge in [0.2, 0.25) is 5.82 Å². The van der Waals surface area contributed by atoms with Crippen LogP contribution in [-0.2, 0) is 0 Å². The highest BCUT2D eigenvalue weighted by molar-refractivity contribution is 5.27. The maximum Gasteiger partial charge on any atom is 0.278 e. The van der Waals surface area contributed by atoms with Crippen LogP contribution in [0.3, 0.4) is 0 Å². The van der Waals surface area contributed by atoms with E-state index in [9.17, 15) is 37.3 Å². The third-order valence-corrected chi connectivity index (χ3v) is 4.83. The molecule has 0 amide bonds. The Hall–Kier alpha value is -1.25. The topological polar surface area (TPSA) is 60.7 Å². The molecule has 156 valence electrons. The Balaban J connectivity index is 2.88. The van der Waals surface area contributed by atoms with E-state index in [2.05, 4.69) is 6.92 Å². The molecule has 0 spiro atoms. The molecule has 0 radical (unpaired) electrons. The molecule has 1 rings (SSSR count). The van der Waals surface area contributed by atoms with Crippen molar-refractivity contribution in [3.05, 3.63) is 34.6 Å². The van der Waals surface area contributed by atoms with Crippen LogP contribution in [0, 0.1) is 35.0 Å². The van der Waals surface area contributed by atoms with Crippen LogP contribution in [0.25, 0.3) is 0 Å². The van der Waals surface area contributed by atoms with Gasteiger partial charge < -0.3 is 15.3 Å². The summed E-state index contributed by atoms with van der Waals surface area (Å²) in [7, 11) is 0. The number of unbranched alkanes of at least 4 members (excludes halogenated alkanes) is 5. The fraction of sp³-hybridized carbons (Fsp3) is 0.684. The molecule has 0 fully saturated rings. The SMILES string of the molecule is CCCCCCCCC(CC(C)c1c(F)c(F)c(F)c(F)c1F)C(O)(O)O. The molecule has 0 aliphatic heterocycles. The van der Waals surface area contributed by atoms with Gasteiger partial charge in [0.1, 0.15) is 0 Å². The number of benzene rings is 1. The van der Waals surface area contributed by atoms with Crippen LogP contribution in [0.15, 0.2) is 0 Å². The lowest BCUT2D eigenvalue weighted by Crippen LogP contribution is -2.38. The molecule has 3 nitrogen and oxygen atoms in total. The van der Waals surface area contributed by atoms with Crippen LogP contribution < -0.4 is 0 Å². The van der Waals surface area contributed by atoms with Crippen molar-refractivity contribution in [3.8, 4) is 0 Å². The van der Waals surface area contributed by atoms with Crippen LogP contribution >= 0.6 is 0 Å². The van der Waals surface area contributed by atoms with Crippen LogP contribution in [-0.4, -0.2) is 21.3 Å². The minimum Gasteiger partial charge on any atom is -0.343 e. The molecule has 2 atom stereocenters. The summed E-state index contributed by atoms with van der Waals surface area (Å²) in [5, 5.41) is 28.6. The van der Waals surface area contributed by atoms with Crippen molar-refractivity contribution in [2.24, 2.45) is 5.92 Å². The highest BCUT2D eigenvalue weighted by atomic mass is 19.2. The summed E-state index contributed by atoms with van der Waals surface area (Å²) >= 11 is 0. The first-order chi connectivity index (χ1) is 12.5. The van der Waals surface area contributed by atoms with E-state index in [1.807, 2.05) is 0 Å². The van der Waals surface area contributed by atoms with E-state index in [1.165, 1.54) is 6.92 Å². The van der Waals surface area contributed by atoms with Gasteiger partial charge in [0.25, 0.3) is 5.97 Å². The van der Waals surface area contributed by atoms with Crippen LogP contribution in [0.1, 0.15) is 76.7 Å². The highest BCUT2D eigenvalue weighted by Gasteiger charge is 2.36. The molecule has 0 saturated carbocycles. The molecule has 0 aromatic heterocycles. The van der Waals surface area contributed by atoms with E-state index in [0.717, 1.165) is 32.1 Å². The largest absolute Gasteiger partial charge is 0.343 e. The van der Waals surface area contributed by atoms with Crippen molar-refractivity contribution < 1.29 is 37.3 Å². The smallest absolute Gasteiger partial charge is 0.278 e. The monoisotopic (exact) mass is 398 g/mol. The Morgan fingerprint density at radius 3 is 1.67 bits per heavy atom. The van der Waals surface area contributed by atoms with E-state index in [4.69, 9.17) is 0 Å². The molecular weight excluding hydrogens is 371 g/mol. The van der Waals surface area contributed by atoms with Crippen molar-refractivity contribution in [3.63, 3.8) is 0 Å². The van der Waals surface area contributed by atoms with Crippen molar-refractivity contribution in [1.82, 2.24) is 0 Å². The number of halogens is 5. The molecule has 8 heteroatoms. The van der Waals surface area contributed by atoms with Crippen molar-refractivity contribution in [1.29, 1.82) is 0 Å². The Morgan fingerprint density at radius 2 is 1.19 bits per heavy atom. The lowest BCUT2D eigenvalue weighted by atomic mass is 9.85. The van der Waals surface area contributed by atoms with Gasteiger partial charge in [-0.1, -0.05) is 52.4 Å². The van der Waals surface area contributed by atoms with Crippen molar-refractivity contribution >= 4 is 0 Å². The van der Waals surface area contributed by atoms with Gasteiger partial charge in [-0.15, -0.1) is 0 Å². The second kappa shape index (κ2) is 10.3. The summed E-state index contributed by atoms with van der Waals surface area (Å²) in [6.07, 6.45) is 5.14. The van der Waals surface area contributed by atoms with Crippen LogP contribution in [0.4, 0.5) is 22.0 Å². The van der Waals surface area contributed by atoms with Gasteiger partial charge in [0, 0.05) is 11.5 Å². The predicted molar refractivity (Wildman–Crippen MR) is 90.1 cm³/mol. The van der Waals surface area contributed by atoms with E-state index in [-0.39, 0.29) is 12.8 Å². The van der Waals surface area contributed by atoms with Crippen LogP contribution in [0.5, 0.6) is 0 Å². The first kappa shape index (κ1) is 23.8. The second-order valence-corrected chi connectivity index (χ2v) is 7.06. The van der Waals surface area contributed by atoms with Gasteiger partial charge in [-0.2, -0.15) is 0 Å².